The summed E-state index contributed by atoms with van der Waals surface area (Å²) in [6.45, 7) is 8.53. The molecule has 0 saturated heterocycles. The molecular weight excluding hydrogens is 448 g/mol. The van der Waals surface area contributed by atoms with Gasteiger partial charge in [-0.05, 0) is 58.7 Å². The van der Waals surface area contributed by atoms with Crippen LogP contribution in [0.5, 0.6) is 0 Å². The van der Waals surface area contributed by atoms with E-state index in [0.29, 0.717) is 5.82 Å². The molecule has 0 amide bonds. The van der Waals surface area contributed by atoms with Gasteiger partial charge in [-0.2, -0.15) is 0 Å². The Morgan fingerprint density at radius 1 is 1.00 bits per heavy atom. The Kier molecular flexibility index (Phi) is 6.17. The van der Waals surface area contributed by atoms with Crippen LogP contribution < -0.4 is 0 Å². The first kappa shape index (κ1) is 22.8. The molecule has 36 heavy (non-hydrogen) atoms. The maximum Gasteiger partial charge on any atom is 0.180 e. The van der Waals surface area contributed by atoms with Crippen LogP contribution in [0, 0.1) is 5.92 Å². The van der Waals surface area contributed by atoms with Crippen LogP contribution in [-0.4, -0.2) is 67.1 Å². The number of rotatable bonds is 9. The molecule has 1 atom stereocenters. The van der Waals surface area contributed by atoms with Crippen molar-refractivity contribution < 1.29 is 0 Å². The monoisotopic (exact) mass is 482 g/mol. The molecule has 8 heteroatoms. The molecule has 6 rings (SSSR count). The normalized spacial score (nSPS) is 19.4. The van der Waals surface area contributed by atoms with E-state index in [0.717, 1.165) is 61.8 Å². The number of aliphatic imine (C=N–C) groups is 1. The molecule has 2 aromatic carbocycles. The first-order valence-corrected chi connectivity index (χ1v) is 13.2. The van der Waals surface area contributed by atoms with E-state index in [9.17, 15) is 0 Å². The molecule has 8 nitrogen and oxygen atoms in total. The largest absolute Gasteiger partial charge is 0.358 e. The minimum Gasteiger partial charge on any atom is -0.358 e. The number of hydrogen-bond acceptors (Lipinski definition) is 7. The summed E-state index contributed by atoms with van der Waals surface area (Å²) in [6, 6.07) is 17.1. The highest BCUT2D eigenvalue weighted by Gasteiger charge is 2.38. The molecule has 1 unspecified atom stereocenters. The maximum atomic E-state index is 5.22. The van der Waals surface area contributed by atoms with Gasteiger partial charge in [0.15, 0.2) is 11.7 Å². The predicted octanol–water partition coefficient (Wildman–Crippen LogP) is 4.72. The minimum absolute atomic E-state index is 0.189. The summed E-state index contributed by atoms with van der Waals surface area (Å²) in [5.74, 6) is 2.72. The molecule has 3 heterocycles. The van der Waals surface area contributed by atoms with Crippen molar-refractivity contribution >= 4 is 5.84 Å². The average molecular weight is 483 g/mol. The number of tetrazole rings is 1. The van der Waals surface area contributed by atoms with E-state index in [1.54, 1.807) is 0 Å². The molecule has 1 aliphatic carbocycles. The third kappa shape index (κ3) is 4.47. The number of H-pyrrole nitrogens is 1. The number of aromatic nitrogens is 4. The first-order valence-electron chi connectivity index (χ1n) is 13.2. The lowest BCUT2D eigenvalue weighted by Crippen LogP contribution is -2.46. The zero-order chi connectivity index (χ0) is 24.5. The Balaban J connectivity index is 1.25. The van der Waals surface area contributed by atoms with Crippen LogP contribution in [0.3, 0.4) is 0 Å². The van der Waals surface area contributed by atoms with Gasteiger partial charge in [0.1, 0.15) is 6.17 Å². The number of nitrogens with zero attached hydrogens (tertiary/aromatic N) is 7. The van der Waals surface area contributed by atoms with Crippen LogP contribution in [0.1, 0.15) is 45.1 Å². The summed E-state index contributed by atoms with van der Waals surface area (Å²) < 4.78 is 0. The van der Waals surface area contributed by atoms with E-state index in [2.05, 4.69) is 91.8 Å². The minimum atomic E-state index is 0.189. The van der Waals surface area contributed by atoms with Gasteiger partial charge in [0, 0.05) is 31.4 Å². The Bertz CT molecular complexity index is 1240. The second-order valence-corrected chi connectivity index (χ2v) is 10.1. The second kappa shape index (κ2) is 9.76. The van der Waals surface area contributed by atoms with E-state index in [-0.39, 0.29) is 6.17 Å². The Morgan fingerprint density at radius 2 is 1.81 bits per heavy atom. The predicted molar refractivity (Wildman–Crippen MR) is 141 cm³/mol. The molecule has 0 bridgehead atoms. The number of fused-ring (bicyclic) bond motifs is 1. The SMILES string of the molecule is CCCN1C=C2C(=NC(CC)N2Cc2ccc(-c3ccccc3-c3nnn[nH]3)cc2)N(CC2CC2)C1. The van der Waals surface area contributed by atoms with E-state index < -0.39 is 0 Å². The van der Waals surface area contributed by atoms with Gasteiger partial charge in [-0.25, -0.2) is 10.1 Å². The van der Waals surface area contributed by atoms with E-state index in [1.165, 1.54) is 29.9 Å². The average Bonchev–Trinajstić information content (AvgIpc) is 3.42. The molecule has 3 aromatic rings. The van der Waals surface area contributed by atoms with Crippen molar-refractivity contribution in [2.24, 2.45) is 10.9 Å². The van der Waals surface area contributed by atoms with E-state index >= 15 is 0 Å². The maximum absolute atomic E-state index is 5.22. The molecule has 1 aromatic heterocycles. The first-order chi connectivity index (χ1) is 17.7. The lowest BCUT2D eigenvalue weighted by atomic mass is 9.98. The fraction of sp³-hybridized carbons (Fsp3) is 0.429. The lowest BCUT2D eigenvalue weighted by molar-refractivity contribution is 0.212. The van der Waals surface area contributed by atoms with Gasteiger partial charge in [-0.1, -0.05) is 62.4 Å². The van der Waals surface area contributed by atoms with Crippen LogP contribution in [0.4, 0.5) is 0 Å². The van der Waals surface area contributed by atoms with Gasteiger partial charge >= 0.3 is 0 Å². The van der Waals surface area contributed by atoms with Crippen LogP contribution >= 0.6 is 0 Å². The number of benzene rings is 2. The van der Waals surface area contributed by atoms with Gasteiger partial charge in [-0.3, -0.25) is 0 Å². The third-order valence-corrected chi connectivity index (χ3v) is 7.32. The third-order valence-electron chi connectivity index (χ3n) is 7.32. The summed E-state index contributed by atoms with van der Waals surface area (Å²) in [7, 11) is 0. The van der Waals surface area contributed by atoms with Crippen LogP contribution in [-0.2, 0) is 6.54 Å². The number of aromatic amines is 1. The molecule has 1 fully saturated rings. The lowest BCUT2D eigenvalue weighted by Gasteiger charge is -2.38. The highest BCUT2D eigenvalue weighted by Crippen LogP contribution is 2.35. The van der Waals surface area contributed by atoms with E-state index in [1.807, 2.05) is 12.1 Å². The Labute approximate surface area is 212 Å². The van der Waals surface area contributed by atoms with Gasteiger partial charge in [0.05, 0.1) is 12.4 Å². The summed E-state index contributed by atoms with van der Waals surface area (Å²) in [5.41, 5.74) is 5.83. The smallest absolute Gasteiger partial charge is 0.180 e. The molecule has 186 valence electrons. The van der Waals surface area contributed by atoms with Crippen molar-refractivity contribution in [1.82, 2.24) is 35.3 Å². The molecular formula is C28H34N8. The van der Waals surface area contributed by atoms with Crippen molar-refractivity contribution in [1.29, 1.82) is 0 Å². The van der Waals surface area contributed by atoms with Crippen LogP contribution in [0.15, 0.2) is 65.4 Å². The van der Waals surface area contributed by atoms with Gasteiger partial charge in [0.25, 0.3) is 0 Å². The second-order valence-electron chi connectivity index (χ2n) is 10.1. The number of hydrogen-bond donors (Lipinski definition) is 1. The highest BCUT2D eigenvalue weighted by molar-refractivity contribution is 6.00. The fourth-order valence-corrected chi connectivity index (χ4v) is 5.32. The van der Waals surface area contributed by atoms with Crippen molar-refractivity contribution in [2.45, 2.75) is 52.2 Å². The topological polar surface area (TPSA) is 76.5 Å². The zero-order valence-electron chi connectivity index (χ0n) is 21.1. The summed E-state index contributed by atoms with van der Waals surface area (Å²) in [5, 5.41) is 14.5. The quantitative estimate of drug-likeness (QED) is 0.476. The molecule has 2 aliphatic heterocycles. The fourth-order valence-electron chi connectivity index (χ4n) is 5.32. The van der Waals surface area contributed by atoms with Crippen molar-refractivity contribution in [3.05, 3.63) is 66.0 Å². The Morgan fingerprint density at radius 3 is 2.50 bits per heavy atom. The number of amidine groups is 1. The summed E-state index contributed by atoms with van der Waals surface area (Å²) >= 11 is 0. The Hall–Kier alpha value is -3.68. The molecule has 0 spiro atoms. The molecule has 0 radical (unpaired) electrons. The van der Waals surface area contributed by atoms with Crippen LogP contribution in [0.2, 0.25) is 0 Å². The number of nitrogens with one attached hydrogen (secondary N) is 1. The molecule has 1 N–H and O–H groups in total. The van der Waals surface area contributed by atoms with Gasteiger partial charge < -0.3 is 14.7 Å². The van der Waals surface area contributed by atoms with Gasteiger partial charge in [-0.15, -0.1) is 5.10 Å². The van der Waals surface area contributed by atoms with Crippen molar-refractivity contribution in [3.63, 3.8) is 0 Å². The zero-order valence-corrected chi connectivity index (χ0v) is 21.1. The molecule has 1 saturated carbocycles. The standard InChI is InChI=1S/C28H34N8/c1-3-15-34-18-25-28(35(19-34)16-20-9-10-20)29-26(4-2)36(25)17-21-11-13-22(14-12-21)23-7-5-6-8-24(23)27-30-32-33-31-27/h5-8,11-14,18,20,26H,3-4,9-10,15-17,19H2,1-2H3,(H,30,31,32,33). The highest BCUT2D eigenvalue weighted by atomic mass is 15.5. The van der Waals surface area contributed by atoms with E-state index in [4.69, 9.17) is 4.99 Å². The summed E-state index contributed by atoms with van der Waals surface area (Å²) in [6.07, 6.45) is 7.42. The van der Waals surface area contributed by atoms with Gasteiger partial charge in [0.2, 0.25) is 0 Å². The van der Waals surface area contributed by atoms with Crippen LogP contribution in [0.25, 0.3) is 22.5 Å². The molecule has 3 aliphatic rings. The van der Waals surface area contributed by atoms with Crippen molar-refractivity contribution in [2.75, 3.05) is 19.8 Å². The summed E-state index contributed by atoms with van der Waals surface area (Å²) in [4.78, 5) is 12.7. The van der Waals surface area contributed by atoms with Crippen molar-refractivity contribution in [3.8, 4) is 22.5 Å².